The lowest BCUT2D eigenvalue weighted by Gasteiger charge is -2.10. The van der Waals surface area contributed by atoms with Gasteiger partial charge in [0.2, 0.25) is 0 Å². The lowest BCUT2D eigenvalue weighted by atomic mass is 10.2. The van der Waals surface area contributed by atoms with E-state index < -0.39 is 0 Å². The van der Waals surface area contributed by atoms with Crippen molar-refractivity contribution in [3.05, 3.63) is 18.0 Å². The van der Waals surface area contributed by atoms with Crippen molar-refractivity contribution in [2.24, 2.45) is 7.05 Å². The Morgan fingerprint density at radius 2 is 2.46 bits per heavy atom. The number of hydrogen-bond acceptors (Lipinski definition) is 2. The van der Waals surface area contributed by atoms with Gasteiger partial charge in [-0.25, -0.2) is 0 Å². The van der Waals surface area contributed by atoms with E-state index in [-0.39, 0.29) is 11.9 Å². The van der Waals surface area contributed by atoms with E-state index in [0.29, 0.717) is 5.69 Å². The second-order valence-electron chi connectivity index (χ2n) is 3.12. The van der Waals surface area contributed by atoms with Crippen LogP contribution in [0.15, 0.2) is 12.3 Å². The van der Waals surface area contributed by atoms with E-state index in [2.05, 4.69) is 10.4 Å². The molecule has 0 spiro atoms. The summed E-state index contributed by atoms with van der Waals surface area (Å²) in [5, 5.41) is 6.80. The van der Waals surface area contributed by atoms with Gasteiger partial charge < -0.3 is 5.32 Å². The Hall–Kier alpha value is -1.32. The van der Waals surface area contributed by atoms with Crippen molar-refractivity contribution >= 4 is 5.91 Å². The standard InChI is InChI=1S/C9H15N3O/c1-4-7(2)11-9(13)8-5-6-10-12(8)3/h5-7H,4H2,1-3H3,(H,11,13)/t7-/m0/s1. The normalized spacial score (nSPS) is 12.5. The number of nitrogens with one attached hydrogen (secondary N) is 1. The Kier molecular flexibility index (Phi) is 3.06. The molecule has 13 heavy (non-hydrogen) atoms. The number of carbonyl (C=O) groups is 1. The van der Waals surface area contributed by atoms with Gasteiger partial charge in [-0.05, 0) is 19.4 Å². The summed E-state index contributed by atoms with van der Waals surface area (Å²) in [5.74, 6) is -0.0608. The van der Waals surface area contributed by atoms with Gasteiger partial charge in [-0.15, -0.1) is 0 Å². The van der Waals surface area contributed by atoms with Crippen LogP contribution in [-0.2, 0) is 7.05 Å². The maximum Gasteiger partial charge on any atom is 0.269 e. The maximum absolute atomic E-state index is 11.5. The van der Waals surface area contributed by atoms with E-state index >= 15 is 0 Å². The molecule has 1 aromatic rings. The van der Waals surface area contributed by atoms with Gasteiger partial charge in [0.05, 0.1) is 0 Å². The minimum atomic E-state index is -0.0608. The molecule has 4 nitrogen and oxygen atoms in total. The lowest BCUT2D eigenvalue weighted by molar-refractivity contribution is 0.0930. The summed E-state index contributed by atoms with van der Waals surface area (Å²) >= 11 is 0. The summed E-state index contributed by atoms with van der Waals surface area (Å²) in [6.45, 7) is 4.02. The van der Waals surface area contributed by atoms with Gasteiger partial charge in [0.1, 0.15) is 5.69 Å². The van der Waals surface area contributed by atoms with Crippen LogP contribution in [0.5, 0.6) is 0 Å². The SMILES string of the molecule is CC[C@H](C)NC(=O)c1ccnn1C. The molecule has 1 amide bonds. The summed E-state index contributed by atoms with van der Waals surface area (Å²) < 4.78 is 1.57. The Bertz CT molecular complexity index is 293. The zero-order valence-corrected chi connectivity index (χ0v) is 8.24. The second kappa shape index (κ2) is 4.07. The largest absolute Gasteiger partial charge is 0.348 e. The number of rotatable bonds is 3. The Balaban J connectivity index is 2.64. The third-order valence-corrected chi connectivity index (χ3v) is 2.04. The fourth-order valence-corrected chi connectivity index (χ4v) is 0.996. The number of nitrogens with zero attached hydrogens (tertiary/aromatic N) is 2. The molecule has 1 rings (SSSR count). The van der Waals surface area contributed by atoms with Crippen molar-refractivity contribution in [1.82, 2.24) is 15.1 Å². The van der Waals surface area contributed by atoms with E-state index in [1.54, 1.807) is 24.0 Å². The molecule has 1 heterocycles. The summed E-state index contributed by atoms with van der Waals surface area (Å²) in [5.41, 5.74) is 0.598. The predicted octanol–water partition coefficient (Wildman–Crippen LogP) is 0.948. The van der Waals surface area contributed by atoms with Crippen molar-refractivity contribution in [2.45, 2.75) is 26.3 Å². The fraction of sp³-hybridized carbons (Fsp3) is 0.556. The van der Waals surface area contributed by atoms with Crippen molar-refractivity contribution in [3.8, 4) is 0 Å². The molecule has 0 saturated carbocycles. The molecule has 0 aliphatic heterocycles. The Morgan fingerprint density at radius 1 is 1.77 bits per heavy atom. The summed E-state index contributed by atoms with van der Waals surface area (Å²) in [6, 6.07) is 1.92. The monoisotopic (exact) mass is 181 g/mol. The first-order chi connectivity index (χ1) is 6.15. The molecule has 0 bridgehead atoms. The summed E-state index contributed by atoms with van der Waals surface area (Å²) in [4.78, 5) is 11.5. The van der Waals surface area contributed by atoms with Crippen LogP contribution < -0.4 is 5.32 Å². The van der Waals surface area contributed by atoms with Gasteiger partial charge in [-0.3, -0.25) is 9.48 Å². The van der Waals surface area contributed by atoms with E-state index in [1.165, 1.54) is 0 Å². The van der Waals surface area contributed by atoms with Gasteiger partial charge in [0, 0.05) is 19.3 Å². The van der Waals surface area contributed by atoms with Crippen LogP contribution in [0.25, 0.3) is 0 Å². The van der Waals surface area contributed by atoms with Gasteiger partial charge >= 0.3 is 0 Å². The zero-order valence-electron chi connectivity index (χ0n) is 8.24. The maximum atomic E-state index is 11.5. The van der Waals surface area contributed by atoms with E-state index in [1.807, 2.05) is 13.8 Å². The first-order valence-electron chi connectivity index (χ1n) is 4.44. The third-order valence-electron chi connectivity index (χ3n) is 2.04. The first-order valence-corrected chi connectivity index (χ1v) is 4.44. The summed E-state index contributed by atoms with van der Waals surface area (Å²) in [6.07, 6.45) is 2.55. The van der Waals surface area contributed by atoms with Gasteiger partial charge in [-0.2, -0.15) is 5.10 Å². The molecule has 1 aromatic heterocycles. The predicted molar refractivity (Wildman–Crippen MR) is 50.4 cm³/mol. The number of amides is 1. The molecule has 0 fully saturated rings. The molecule has 1 N–H and O–H groups in total. The molecule has 1 atom stereocenters. The highest BCUT2D eigenvalue weighted by Gasteiger charge is 2.10. The highest BCUT2D eigenvalue weighted by Crippen LogP contribution is 1.97. The number of carbonyl (C=O) groups excluding carboxylic acids is 1. The minimum Gasteiger partial charge on any atom is -0.348 e. The Morgan fingerprint density at radius 3 is 2.92 bits per heavy atom. The topological polar surface area (TPSA) is 46.9 Å². The average molecular weight is 181 g/mol. The molecule has 0 aromatic carbocycles. The quantitative estimate of drug-likeness (QED) is 0.754. The van der Waals surface area contributed by atoms with Crippen LogP contribution in [-0.4, -0.2) is 21.7 Å². The molecular formula is C9H15N3O. The van der Waals surface area contributed by atoms with Gasteiger partial charge in [0.25, 0.3) is 5.91 Å². The summed E-state index contributed by atoms with van der Waals surface area (Å²) in [7, 11) is 1.76. The molecule has 0 radical (unpaired) electrons. The van der Waals surface area contributed by atoms with Crippen LogP contribution in [0.2, 0.25) is 0 Å². The minimum absolute atomic E-state index is 0.0608. The number of hydrogen-bond donors (Lipinski definition) is 1. The van der Waals surface area contributed by atoms with Crippen LogP contribution in [0.1, 0.15) is 30.8 Å². The highest BCUT2D eigenvalue weighted by molar-refractivity contribution is 5.92. The van der Waals surface area contributed by atoms with Gasteiger partial charge in [-0.1, -0.05) is 6.92 Å². The van der Waals surface area contributed by atoms with Crippen molar-refractivity contribution in [3.63, 3.8) is 0 Å². The average Bonchev–Trinajstić information content (AvgIpc) is 2.51. The second-order valence-corrected chi connectivity index (χ2v) is 3.12. The molecule has 0 saturated heterocycles. The molecule has 0 aliphatic rings. The number of aromatic nitrogens is 2. The number of aryl methyl sites for hydroxylation is 1. The molecule has 72 valence electrons. The van der Waals surface area contributed by atoms with Crippen LogP contribution >= 0.6 is 0 Å². The molecule has 4 heteroatoms. The van der Waals surface area contributed by atoms with Crippen molar-refractivity contribution in [1.29, 1.82) is 0 Å². The van der Waals surface area contributed by atoms with Crippen LogP contribution in [0.4, 0.5) is 0 Å². The van der Waals surface area contributed by atoms with E-state index in [9.17, 15) is 4.79 Å². The molecule has 0 unspecified atom stereocenters. The smallest absolute Gasteiger partial charge is 0.269 e. The van der Waals surface area contributed by atoms with Crippen molar-refractivity contribution in [2.75, 3.05) is 0 Å². The third kappa shape index (κ3) is 2.31. The van der Waals surface area contributed by atoms with Crippen LogP contribution in [0.3, 0.4) is 0 Å². The fourth-order valence-electron chi connectivity index (χ4n) is 0.996. The molecule has 0 aliphatic carbocycles. The lowest BCUT2D eigenvalue weighted by Crippen LogP contribution is -2.33. The van der Waals surface area contributed by atoms with Crippen LogP contribution in [0, 0.1) is 0 Å². The molecular weight excluding hydrogens is 166 g/mol. The van der Waals surface area contributed by atoms with E-state index in [4.69, 9.17) is 0 Å². The highest BCUT2D eigenvalue weighted by atomic mass is 16.2. The first kappa shape index (κ1) is 9.77. The van der Waals surface area contributed by atoms with Crippen molar-refractivity contribution < 1.29 is 4.79 Å². The zero-order chi connectivity index (χ0) is 9.84. The van der Waals surface area contributed by atoms with Gasteiger partial charge in [0.15, 0.2) is 0 Å². The Labute approximate surface area is 77.9 Å². The van der Waals surface area contributed by atoms with E-state index in [0.717, 1.165) is 6.42 Å².